The topological polar surface area (TPSA) is 49.4 Å². The number of hydrogen-bond acceptors (Lipinski definition) is 4. The number of nitrogens with zero attached hydrogens (tertiary/aromatic N) is 1. The fourth-order valence-corrected chi connectivity index (χ4v) is 4.63. The molecule has 2 rings (SSSR count). The van der Waals surface area contributed by atoms with Gasteiger partial charge in [0.05, 0.1) is 0 Å². The van der Waals surface area contributed by atoms with Crippen LogP contribution >= 0.6 is 11.3 Å². The third-order valence-corrected chi connectivity index (χ3v) is 6.44. The van der Waals surface area contributed by atoms with Gasteiger partial charge in [0.2, 0.25) is 10.0 Å². The van der Waals surface area contributed by atoms with E-state index in [0.717, 1.165) is 13.1 Å². The second-order valence-corrected chi connectivity index (χ2v) is 8.28. The van der Waals surface area contributed by atoms with Crippen molar-refractivity contribution in [2.45, 2.75) is 36.9 Å². The average Bonchev–Trinajstić information content (AvgIpc) is 3.02. The van der Waals surface area contributed by atoms with Gasteiger partial charge in [0, 0.05) is 12.6 Å². The molecule has 0 aromatic carbocycles. The van der Waals surface area contributed by atoms with E-state index in [9.17, 15) is 8.42 Å². The van der Waals surface area contributed by atoms with Crippen molar-refractivity contribution in [2.75, 3.05) is 19.6 Å². The molecule has 2 heterocycles. The lowest BCUT2D eigenvalue weighted by Gasteiger charge is -2.30. The fourth-order valence-electron chi connectivity index (χ4n) is 2.54. The van der Waals surface area contributed by atoms with E-state index in [-0.39, 0.29) is 6.04 Å². The second-order valence-electron chi connectivity index (χ2n) is 5.34. The summed E-state index contributed by atoms with van der Waals surface area (Å²) < 4.78 is 27.4. The van der Waals surface area contributed by atoms with Crippen molar-refractivity contribution in [3.05, 3.63) is 17.5 Å². The predicted molar refractivity (Wildman–Crippen MR) is 78.9 cm³/mol. The van der Waals surface area contributed by atoms with E-state index in [4.69, 9.17) is 0 Å². The molecule has 108 valence electrons. The number of nitrogens with one attached hydrogen (secondary N) is 1. The Balaban J connectivity index is 1.99. The van der Waals surface area contributed by atoms with Crippen LogP contribution in [0.25, 0.3) is 0 Å². The standard InChI is InChI=1S/C13H22N2O2S2/c1-11(2)12(15-7-3-4-8-15)10-14-19(16,17)13-6-5-9-18-13/h5-6,9,11-12,14H,3-4,7-8,10H2,1-2H3. The molecule has 0 aliphatic carbocycles. The third-order valence-electron chi connectivity index (χ3n) is 3.62. The Hall–Kier alpha value is -0.430. The normalized spacial score (nSPS) is 19.1. The molecule has 0 radical (unpaired) electrons. The molecular weight excluding hydrogens is 280 g/mol. The van der Waals surface area contributed by atoms with Gasteiger partial charge in [-0.2, -0.15) is 0 Å². The van der Waals surface area contributed by atoms with E-state index in [0.29, 0.717) is 16.7 Å². The molecule has 6 heteroatoms. The van der Waals surface area contributed by atoms with Crippen LogP contribution in [0.4, 0.5) is 0 Å². The number of likely N-dealkylation sites (tertiary alicyclic amines) is 1. The summed E-state index contributed by atoms with van der Waals surface area (Å²) in [4.78, 5) is 2.40. The molecule has 1 saturated heterocycles. The van der Waals surface area contributed by atoms with Crippen LogP contribution in [0.1, 0.15) is 26.7 Å². The summed E-state index contributed by atoms with van der Waals surface area (Å²) >= 11 is 1.26. The van der Waals surface area contributed by atoms with Crippen molar-refractivity contribution in [1.29, 1.82) is 0 Å². The number of hydrogen-bond donors (Lipinski definition) is 1. The SMILES string of the molecule is CC(C)C(CNS(=O)(=O)c1cccs1)N1CCCC1. The maximum Gasteiger partial charge on any atom is 0.250 e. The first kappa shape index (κ1) is 15.0. The zero-order chi connectivity index (χ0) is 13.9. The van der Waals surface area contributed by atoms with Crippen LogP contribution in [-0.4, -0.2) is 39.0 Å². The van der Waals surface area contributed by atoms with Gasteiger partial charge in [-0.15, -0.1) is 11.3 Å². The smallest absolute Gasteiger partial charge is 0.250 e. The summed E-state index contributed by atoms with van der Waals surface area (Å²) in [6.45, 7) is 6.98. The maximum atomic E-state index is 12.1. The van der Waals surface area contributed by atoms with Crippen LogP contribution in [0.5, 0.6) is 0 Å². The molecule has 19 heavy (non-hydrogen) atoms. The van der Waals surface area contributed by atoms with E-state index < -0.39 is 10.0 Å². The molecule has 0 amide bonds. The number of rotatable bonds is 6. The molecule has 4 nitrogen and oxygen atoms in total. The van der Waals surface area contributed by atoms with Crippen molar-refractivity contribution in [1.82, 2.24) is 9.62 Å². The van der Waals surface area contributed by atoms with Crippen LogP contribution in [0, 0.1) is 5.92 Å². The summed E-state index contributed by atoms with van der Waals surface area (Å²) in [5.74, 6) is 0.448. The molecule has 1 aliphatic rings. The minimum atomic E-state index is -3.33. The summed E-state index contributed by atoms with van der Waals surface area (Å²) in [6, 6.07) is 3.70. The molecule has 1 N–H and O–H groups in total. The molecule has 1 unspecified atom stereocenters. The van der Waals surface area contributed by atoms with Gasteiger partial charge < -0.3 is 0 Å². The van der Waals surface area contributed by atoms with Crippen molar-refractivity contribution in [3.63, 3.8) is 0 Å². The molecular formula is C13H22N2O2S2. The highest BCUT2D eigenvalue weighted by atomic mass is 32.2. The van der Waals surface area contributed by atoms with Crippen LogP contribution in [0.2, 0.25) is 0 Å². The fraction of sp³-hybridized carbons (Fsp3) is 0.692. The van der Waals surface area contributed by atoms with Crippen LogP contribution in [0.3, 0.4) is 0 Å². The Morgan fingerprint density at radius 3 is 2.58 bits per heavy atom. The molecule has 0 bridgehead atoms. The van der Waals surface area contributed by atoms with Gasteiger partial charge in [-0.1, -0.05) is 19.9 Å². The minimum Gasteiger partial charge on any atom is -0.299 e. The van der Waals surface area contributed by atoms with E-state index in [1.165, 1.54) is 24.2 Å². The van der Waals surface area contributed by atoms with Crippen LogP contribution in [-0.2, 0) is 10.0 Å². The Morgan fingerprint density at radius 1 is 1.37 bits per heavy atom. The van der Waals surface area contributed by atoms with E-state index in [2.05, 4.69) is 23.5 Å². The highest BCUT2D eigenvalue weighted by Crippen LogP contribution is 2.19. The Kier molecular flexibility index (Phi) is 5.00. The molecule has 1 aromatic heterocycles. The highest BCUT2D eigenvalue weighted by molar-refractivity contribution is 7.91. The van der Waals surface area contributed by atoms with Crippen molar-refractivity contribution >= 4 is 21.4 Å². The zero-order valence-electron chi connectivity index (χ0n) is 11.5. The molecule has 1 fully saturated rings. The van der Waals surface area contributed by atoms with Crippen LogP contribution in [0.15, 0.2) is 21.7 Å². The Bertz CT molecular complexity index is 477. The molecule has 0 saturated carbocycles. The van der Waals surface area contributed by atoms with Gasteiger partial charge in [-0.25, -0.2) is 13.1 Å². The maximum absolute atomic E-state index is 12.1. The quantitative estimate of drug-likeness (QED) is 0.876. The van der Waals surface area contributed by atoms with Crippen molar-refractivity contribution in [3.8, 4) is 0 Å². The summed E-state index contributed by atoms with van der Waals surface area (Å²) in [5.41, 5.74) is 0. The first-order valence-corrected chi connectivity index (χ1v) is 9.14. The number of thiophene rings is 1. The van der Waals surface area contributed by atoms with E-state index >= 15 is 0 Å². The van der Waals surface area contributed by atoms with Gasteiger partial charge in [0.15, 0.2) is 0 Å². The van der Waals surface area contributed by atoms with E-state index in [1.807, 2.05) is 0 Å². The Morgan fingerprint density at radius 2 is 2.05 bits per heavy atom. The lowest BCUT2D eigenvalue weighted by atomic mass is 10.0. The van der Waals surface area contributed by atoms with Crippen molar-refractivity contribution in [2.24, 2.45) is 5.92 Å². The molecule has 1 aliphatic heterocycles. The third kappa shape index (κ3) is 3.78. The minimum absolute atomic E-state index is 0.289. The van der Waals surface area contributed by atoms with Gasteiger partial charge in [-0.05, 0) is 43.3 Å². The molecule has 1 aromatic rings. The monoisotopic (exact) mass is 302 g/mol. The summed E-state index contributed by atoms with van der Waals surface area (Å²) in [7, 11) is -3.33. The predicted octanol–water partition coefficient (Wildman–Crippen LogP) is 2.15. The van der Waals surface area contributed by atoms with E-state index in [1.54, 1.807) is 17.5 Å². The molecule has 0 spiro atoms. The summed E-state index contributed by atoms with van der Waals surface area (Å²) in [6.07, 6.45) is 2.45. The average molecular weight is 302 g/mol. The van der Waals surface area contributed by atoms with Gasteiger partial charge in [0.1, 0.15) is 4.21 Å². The number of sulfonamides is 1. The lowest BCUT2D eigenvalue weighted by molar-refractivity contribution is 0.193. The largest absolute Gasteiger partial charge is 0.299 e. The summed E-state index contributed by atoms with van der Waals surface area (Å²) in [5, 5.41) is 1.79. The molecule has 1 atom stereocenters. The first-order valence-electron chi connectivity index (χ1n) is 6.78. The van der Waals surface area contributed by atoms with Gasteiger partial charge >= 0.3 is 0 Å². The first-order chi connectivity index (χ1) is 9.00. The van der Waals surface area contributed by atoms with Gasteiger partial charge in [-0.3, -0.25) is 4.90 Å². The Labute approximate surface area is 119 Å². The second kappa shape index (κ2) is 6.35. The lowest BCUT2D eigenvalue weighted by Crippen LogP contribution is -2.45. The highest BCUT2D eigenvalue weighted by Gasteiger charge is 2.26. The zero-order valence-corrected chi connectivity index (χ0v) is 13.1. The van der Waals surface area contributed by atoms with Crippen LogP contribution < -0.4 is 4.72 Å². The van der Waals surface area contributed by atoms with Gasteiger partial charge in [0.25, 0.3) is 0 Å². The van der Waals surface area contributed by atoms with Crippen molar-refractivity contribution < 1.29 is 8.42 Å².